The molecule has 0 unspecified atom stereocenters. The Morgan fingerprint density at radius 1 is 1.50 bits per heavy atom. The van der Waals surface area contributed by atoms with Gasteiger partial charge in [0.25, 0.3) is 0 Å². The average molecular weight is 238 g/mol. The molecule has 1 rings (SSSR count). The zero-order chi connectivity index (χ0) is 12.1. The molecule has 3 N–H and O–H groups in total. The van der Waals surface area contributed by atoms with E-state index in [-0.39, 0.29) is 5.56 Å². The number of hydrogen-bond donors (Lipinski definition) is 3. The van der Waals surface area contributed by atoms with Gasteiger partial charge in [-0.25, -0.2) is 4.79 Å². The van der Waals surface area contributed by atoms with E-state index in [0.717, 1.165) is 6.54 Å². The Balaban J connectivity index is 2.93. The Morgan fingerprint density at radius 2 is 2.19 bits per heavy atom. The normalized spacial score (nSPS) is 9.62. The van der Waals surface area contributed by atoms with Crippen LogP contribution in [0, 0.1) is 6.92 Å². The number of nitrogens with one attached hydrogen (secondary N) is 2. The van der Waals surface area contributed by atoms with Gasteiger partial charge in [-0.2, -0.15) is 0 Å². The van der Waals surface area contributed by atoms with Crippen molar-refractivity contribution < 1.29 is 9.90 Å². The first-order chi connectivity index (χ1) is 7.56. The molecule has 0 fully saturated rings. The third-order valence-electron chi connectivity index (χ3n) is 2.15. The molecule has 1 aromatic rings. The van der Waals surface area contributed by atoms with Crippen LogP contribution in [-0.4, -0.2) is 22.7 Å². The van der Waals surface area contributed by atoms with E-state index in [2.05, 4.69) is 10.6 Å². The van der Waals surface area contributed by atoms with Crippen LogP contribution < -0.4 is 10.6 Å². The van der Waals surface area contributed by atoms with Crippen LogP contribution in [0.15, 0.2) is 18.2 Å². The third kappa shape index (κ3) is 2.93. The van der Waals surface area contributed by atoms with Crippen molar-refractivity contribution in [3.8, 4) is 0 Å². The Morgan fingerprint density at radius 3 is 2.75 bits per heavy atom. The van der Waals surface area contributed by atoms with Crippen LogP contribution in [0.1, 0.15) is 22.8 Å². The van der Waals surface area contributed by atoms with Crippen molar-refractivity contribution in [2.24, 2.45) is 0 Å². The summed E-state index contributed by atoms with van der Waals surface area (Å²) in [5.41, 5.74) is 1.67. The highest BCUT2D eigenvalue weighted by Gasteiger charge is 2.10. The van der Waals surface area contributed by atoms with Crippen LogP contribution in [0.3, 0.4) is 0 Å². The van der Waals surface area contributed by atoms with Gasteiger partial charge in [0, 0.05) is 12.2 Å². The molecule has 0 atom stereocenters. The second-order valence-corrected chi connectivity index (χ2v) is 3.68. The molecule has 1 aromatic carbocycles. The lowest BCUT2D eigenvalue weighted by molar-refractivity contribution is 0.0696. The summed E-state index contributed by atoms with van der Waals surface area (Å²) in [6.07, 6.45) is 0. The molecule has 0 saturated heterocycles. The lowest BCUT2D eigenvalue weighted by Gasteiger charge is -2.12. The molecule has 0 heterocycles. The Hall–Kier alpha value is -1.62. The summed E-state index contributed by atoms with van der Waals surface area (Å²) in [5, 5.41) is 15.4. The van der Waals surface area contributed by atoms with E-state index >= 15 is 0 Å². The largest absolute Gasteiger partial charge is 0.478 e. The smallest absolute Gasteiger partial charge is 0.336 e. The van der Waals surface area contributed by atoms with Crippen molar-refractivity contribution in [2.75, 3.05) is 11.9 Å². The van der Waals surface area contributed by atoms with Crippen LogP contribution in [0.25, 0.3) is 0 Å². The molecule has 4 nitrogen and oxygen atoms in total. The van der Waals surface area contributed by atoms with Gasteiger partial charge in [0.1, 0.15) is 0 Å². The monoisotopic (exact) mass is 238 g/mol. The molecule has 0 aliphatic rings. The number of rotatable bonds is 3. The van der Waals surface area contributed by atoms with Gasteiger partial charge in [0.05, 0.1) is 5.56 Å². The van der Waals surface area contributed by atoms with Gasteiger partial charge in [-0.15, -0.1) is 0 Å². The lowest BCUT2D eigenvalue weighted by atomic mass is 10.1. The zero-order valence-corrected chi connectivity index (χ0v) is 10.0. The fraction of sp³-hybridized carbons (Fsp3) is 0.273. The molecule has 0 aliphatic heterocycles. The van der Waals surface area contributed by atoms with Gasteiger partial charge in [-0.3, -0.25) is 0 Å². The third-order valence-corrected chi connectivity index (χ3v) is 2.40. The van der Waals surface area contributed by atoms with Crippen molar-refractivity contribution in [2.45, 2.75) is 13.8 Å². The summed E-state index contributed by atoms with van der Waals surface area (Å²) in [6, 6.07) is 5.05. The second kappa shape index (κ2) is 5.46. The summed E-state index contributed by atoms with van der Waals surface area (Å²) in [5.74, 6) is -0.935. The van der Waals surface area contributed by atoms with E-state index in [1.165, 1.54) is 0 Å². The summed E-state index contributed by atoms with van der Waals surface area (Å²) in [4.78, 5) is 10.9. The summed E-state index contributed by atoms with van der Waals surface area (Å²) >= 11 is 5.03. The summed E-state index contributed by atoms with van der Waals surface area (Å²) in [6.45, 7) is 4.42. The van der Waals surface area contributed by atoms with E-state index in [1.807, 2.05) is 6.92 Å². The number of thiocarbonyl (C=S) groups is 1. The number of aromatic carboxylic acids is 1. The highest BCUT2D eigenvalue weighted by Crippen LogP contribution is 2.18. The van der Waals surface area contributed by atoms with Crippen molar-refractivity contribution in [1.82, 2.24) is 5.32 Å². The highest BCUT2D eigenvalue weighted by atomic mass is 32.1. The van der Waals surface area contributed by atoms with Crippen LogP contribution in [0.2, 0.25) is 0 Å². The van der Waals surface area contributed by atoms with Gasteiger partial charge in [-0.1, -0.05) is 6.07 Å². The molecule has 0 saturated carbocycles. The molecular formula is C11H14N2O2S. The van der Waals surface area contributed by atoms with E-state index in [1.54, 1.807) is 25.1 Å². The van der Waals surface area contributed by atoms with Gasteiger partial charge in [0.15, 0.2) is 5.11 Å². The molecule has 86 valence electrons. The van der Waals surface area contributed by atoms with Gasteiger partial charge < -0.3 is 15.7 Å². The molecular weight excluding hydrogens is 224 g/mol. The lowest BCUT2D eigenvalue weighted by Crippen LogP contribution is -2.28. The molecule has 16 heavy (non-hydrogen) atoms. The topological polar surface area (TPSA) is 61.4 Å². The molecule has 0 aromatic heterocycles. The first-order valence-electron chi connectivity index (χ1n) is 4.94. The molecule has 0 radical (unpaired) electrons. The maximum Gasteiger partial charge on any atom is 0.336 e. The van der Waals surface area contributed by atoms with E-state index in [9.17, 15) is 4.79 Å². The SMILES string of the molecule is CCNC(=S)Nc1cccc(C(=O)O)c1C. The van der Waals surface area contributed by atoms with E-state index < -0.39 is 5.97 Å². The number of carbonyl (C=O) groups is 1. The molecule has 0 spiro atoms. The number of benzene rings is 1. The minimum Gasteiger partial charge on any atom is -0.478 e. The Bertz CT molecular complexity index is 418. The predicted octanol–water partition coefficient (Wildman–Crippen LogP) is 2.00. The minimum atomic E-state index is -0.935. The summed E-state index contributed by atoms with van der Waals surface area (Å²) in [7, 11) is 0. The van der Waals surface area contributed by atoms with Crippen molar-refractivity contribution >= 4 is 29.0 Å². The quantitative estimate of drug-likeness (QED) is 0.703. The second-order valence-electron chi connectivity index (χ2n) is 3.27. The average Bonchev–Trinajstić information content (AvgIpc) is 2.21. The van der Waals surface area contributed by atoms with Gasteiger partial charge >= 0.3 is 5.97 Å². The first-order valence-corrected chi connectivity index (χ1v) is 5.34. The predicted molar refractivity (Wildman–Crippen MR) is 68.0 cm³/mol. The standard InChI is InChI=1S/C11H14N2O2S/c1-3-12-11(16)13-9-6-4-5-8(7(9)2)10(14)15/h4-6H,3H2,1-2H3,(H,14,15)(H2,12,13,16). The minimum absolute atomic E-state index is 0.282. The van der Waals surface area contributed by atoms with Crippen LogP contribution in [0.5, 0.6) is 0 Å². The number of hydrogen-bond acceptors (Lipinski definition) is 2. The first kappa shape index (κ1) is 12.4. The molecule has 0 aliphatic carbocycles. The van der Waals surface area contributed by atoms with Gasteiger partial charge in [0.2, 0.25) is 0 Å². The van der Waals surface area contributed by atoms with Gasteiger partial charge in [-0.05, 0) is 43.8 Å². The van der Waals surface area contributed by atoms with Crippen molar-refractivity contribution in [3.05, 3.63) is 29.3 Å². The molecule has 0 amide bonds. The summed E-state index contributed by atoms with van der Waals surface area (Å²) < 4.78 is 0. The Kier molecular flexibility index (Phi) is 4.25. The zero-order valence-electron chi connectivity index (χ0n) is 9.20. The van der Waals surface area contributed by atoms with E-state index in [4.69, 9.17) is 17.3 Å². The Labute approximate surface area is 99.7 Å². The fourth-order valence-corrected chi connectivity index (χ4v) is 1.58. The van der Waals surface area contributed by atoms with Crippen molar-refractivity contribution in [3.63, 3.8) is 0 Å². The van der Waals surface area contributed by atoms with Crippen LogP contribution in [-0.2, 0) is 0 Å². The number of anilines is 1. The van der Waals surface area contributed by atoms with E-state index in [0.29, 0.717) is 16.4 Å². The van der Waals surface area contributed by atoms with Crippen LogP contribution in [0.4, 0.5) is 5.69 Å². The fourth-order valence-electron chi connectivity index (χ4n) is 1.33. The van der Waals surface area contributed by atoms with Crippen molar-refractivity contribution in [1.29, 1.82) is 0 Å². The number of carboxylic acids is 1. The molecule has 0 bridgehead atoms. The maximum atomic E-state index is 10.9. The number of carboxylic acid groups (broad SMARTS) is 1. The highest BCUT2D eigenvalue weighted by molar-refractivity contribution is 7.80. The molecule has 5 heteroatoms. The maximum absolute atomic E-state index is 10.9. The van der Waals surface area contributed by atoms with Crippen LogP contribution >= 0.6 is 12.2 Å².